The van der Waals surface area contributed by atoms with Gasteiger partial charge in [-0.2, -0.15) is 0 Å². The van der Waals surface area contributed by atoms with Gasteiger partial charge in [0, 0.05) is 32.0 Å². The molecule has 1 atom stereocenters. The molecule has 0 bridgehead atoms. The Labute approximate surface area is 120 Å². The standard InChI is InChI=1S/C15H23N5/c1-3-19(11-13-7-5-6-8-18-13)14(9-16)15-10-17-12-20(15)4-2/h5-8,10,12,14H,3-4,9,11,16H2,1-2H3. The van der Waals surface area contributed by atoms with Crippen LogP contribution in [0.3, 0.4) is 0 Å². The lowest BCUT2D eigenvalue weighted by atomic mass is 10.1. The maximum atomic E-state index is 6.01. The predicted molar refractivity (Wildman–Crippen MR) is 80.0 cm³/mol. The predicted octanol–water partition coefficient (Wildman–Crippen LogP) is 1.82. The number of nitrogens with two attached hydrogens (primary N) is 1. The zero-order chi connectivity index (χ0) is 14.4. The van der Waals surface area contributed by atoms with Crippen LogP contribution in [-0.2, 0) is 13.1 Å². The van der Waals surface area contributed by atoms with Crippen LogP contribution in [0.15, 0.2) is 36.9 Å². The Kier molecular flexibility index (Phi) is 5.26. The summed E-state index contributed by atoms with van der Waals surface area (Å²) in [4.78, 5) is 11.0. The molecule has 0 saturated carbocycles. The molecule has 108 valence electrons. The maximum Gasteiger partial charge on any atom is 0.0948 e. The summed E-state index contributed by atoms with van der Waals surface area (Å²) in [5, 5.41) is 0. The number of imidazole rings is 1. The van der Waals surface area contributed by atoms with Crippen molar-refractivity contribution < 1.29 is 0 Å². The van der Waals surface area contributed by atoms with Gasteiger partial charge in [0.2, 0.25) is 0 Å². The SMILES string of the molecule is CCN(Cc1ccccn1)C(CN)c1cncn1CC. The molecule has 0 spiro atoms. The molecule has 0 fully saturated rings. The maximum absolute atomic E-state index is 6.01. The molecule has 0 saturated heterocycles. The lowest BCUT2D eigenvalue weighted by Gasteiger charge is -2.30. The molecule has 2 N–H and O–H groups in total. The van der Waals surface area contributed by atoms with Crippen LogP contribution in [0.1, 0.15) is 31.3 Å². The summed E-state index contributed by atoms with van der Waals surface area (Å²) < 4.78 is 2.15. The molecule has 1 unspecified atom stereocenters. The number of likely N-dealkylation sites (N-methyl/N-ethyl adjacent to an activating group) is 1. The number of nitrogens with zero attached hydrogens (tertiary/aromatic N) is 4. The summed E-state index contributed by atoms with van der Waals surface area (Å²) in [6.45, 7) is 7.48. The first kappa shape index (κ1) is 14.7. The van der Waals surface area contributed by atoms with Crippen molar-refractivity contribution in [2.45, 2.75) is 33.0 Å². The van der Waals surface area contributed by atoms with Crippen LogP contribution in [0.2, 0.25) is 0 Å². The summed E-state index contributed by atoms with van der Waals surface area (Å²) >= 11 is 0. The number of rotatable bonds is 7. The van der Waals surface area contributed by atoms with Crippen molar-refractivity contribution in [2.75, 3.05) is 13.1 Å². The molecule has 20 heavy (non-hydrogen) atoms. The third-order valence-electron chi connectivity index (χ3n) is 3.59. The fraction of sp³-hybridized carbons (Fsp3) is 0.467. The highest BCUT2D eigenvalue weighted by molar-refractivity contribution is 5.09. The molecule has 0 aromatic carbocycles. The highest BCUT2D eigenvalue weighted by Crippen LogP contribution is 2.21. The van der Waals surface area contributed by atoms with Crippen molar-refractivity contribution in [3.05, 3.63) is 48.3 Å². The van der Waals surface area contributed by atoms with E-state index in [9.17, 15) is 0 Å². The summed E-state index contributed by atoms with van der Waals surface area (Å²) in [6, 6.07) is 6.17. The second-order valence-electron chi connectivity index (χ2n) is 4.74. The second kappa shape index (κ2) is 7.17. The largest absolute Gasteiger partial charge is 0.333 e. The zero-order valence-electron chi connectivity index (χ0n) is 12.2. The fourth-order valence-electron chi connectivity index (χ4n) is 2.47. The number of hydrogen-bond donors (Lipinski definition) is 1. The van der Waals surface area contributed by atoms with E-state index in [1.54, 1.807) is 0 Å². The van der Waals surface area contributed by atoms with Gasteiger partial charge in [0.15, 0.2) is 0 Å². The number of hydrogen-bond acceptors (Lipinski definition) is 4. The Morgan fingerprint density at radius 3 is 2.80 bits per heavy atom. The van der Waals surface area contributed by atoms with E-state index in [0.29, 0.717) is 6.54 Å². The molecule has 2 rings (SSSR count). The molecule has 5 heteroatoms. The van der Waals surface area contributed by atoms with E-state index in [2.05, 4.69) is 33.3 Å². The Morgan fingerprint density at radius 1 is 1.35 bits per heavy atom. The van der Waals surface area contributed by atoms with Crippen LogP contribution in [-0.4, -0.2) is 32.5 Å². The van der Waals surface area contributed by atoms with Gasteiger partial charge >= 0.3 is 0 Å². The van der Waals surface area contributed by atoms with Crippen molar-refractivity contribution in [1.82, 2.24) is 19.4 Å². The van der Waals surface area contributed by atoms with Crippen molar-refractivity contribution >= 4 is 0 Å². The number of aryl methyl sites for hydroxylation is 1. The van der Waals surface area contributed by atoms with Crippen molar-refractivity contribution in [3.8, 4) is 0 Å². The molecule has 2 aromatic heterocycles. The second-order valence-corrected chi connectivity index (χ2v) is 4.74. The minimum Gasteiger partial charge on any atom is -0.333 e. The van der Waals surface area contributed by atoms with Gasteiger partial charge in [0.05, 0.1) is 23.8 Å². The summed E-state index contributed by atoms with van der Waals surface area (Å²) in [5.41, 5.74) is 8.25. The molecule has 0 amide bonds. The van der Waals surface area contributed by atoms with Gasteiger partial charge in [0.25, 0.3) is 0 Å². The van der Waals surface area contributed by atoms with Crippen LogP contribution in [0.4, 0.5) is 0 Å². The van der Waals surface area contributed by atoms with Crippen LogP contribution < -0.4 is 5.73 Å². The molecule has 2 heterocycles. The van der Waals surface area contributed by atoms with Crippen LogP contribution in [0.5, 0.6) is 0 Å². The van der Waals surface area contributed by atoms with Gasteiger partial charge in [-0.05, 0) is 25.6 Å². The van der Waals surface area contributed by atoms with Crippen LogP contribution in [0, 0.1) is 0 Å². The van der Waals surface area contributed by atoms with Gasteiger partial charge in [-0.15, -0.1) is 0 Å². The fourth-order valence-corrected chi connectivity index (χ4v) is 2.47. The molecule has 5 nitrogen and oxygen atoms in total. The zero-order valence-corrected chi connectivity index (χ0v) is 12.2. The molecule has 0 aliphatic heterocycles. The number of aromatic nitrogens is 3. The average molecular weight is 273 g/mol. The Hall–Kier alpha value is -1.72. The molecule has 0 aliphatic rings. The summed E-state index contributed by atoms with van der Waals surface area (Å²) in [5.74, 6) is 0. The van der Waals surface area contributed by atoms with Crippen molar-refractivity contribution in [2.24, 2.45) is 5.73 Å². The third-order valence-corrected chi connectivity index (χ3v) is 3.59. The number of pyridine rings is 1. The lowest BCUT2D eigenvalue weighted by Crippen LogP contribution is -2.34. The first-order chi connectivity index (χ1) is 9.80. The minimum absolute atomic E-state index is 0.171. The van der Waals surface area contributed by atoms with E-state index < -0.39 is 0 Å². The summed E-state index contributed by atoms with van der Waals surface area (Å²) in [6.07, 6.45) is 5.62. The van der Waals surface area contributed by atoms with Crippen LogP contribution in [0.25, 0.3) is 0 Å². The first-order valence-corrected chi connectivity index (χ1v) is 7.14. The molecule has 0 radical (unpaired) electrons. The Balaban J connectivity index is 2.19. The van der Waals surface area contributed by atoms with Crippen LogP contribution >= 0.6 is 0 Å². The molecule has 2 aromatic rings. The normalized spacial score (nSPS) is 12.8. The minimum atomic E-state index is 0.171. The van der Waals surface area contributed by atoms with Gasteiger partial charge in [0.1, 0.15) is 0 Å². The van der Waals surface area contributed by atoms with Gasteiger partial charge < -0.3 is 10.3 Å². The average Bonchev–Trinajstić information content (AvgIpc) is 2.96. The quantitative estimate of drug-likeness (QED) is 0.836. The van der Waals surface area contributed by atoms with E-state index in [0.717, 1.165) is 25.3 Å². The van der Waals surface area contributed by atoms with E-state index in [1.807, 2.05) is 36.9 Å². The van der Waals surface area contributed by atoms with E-state index >= 15 is 0 Å². The lowest BCUT2D eigenvalue weighted by molar-refractivity contribution is 0.193. The van der Waals surface area contributed by atoms with E-state index in [4.69, 9.17) is 5.73 Å². The highest BCUT2D eigenvalue weighted by Gasteiger charge is 2.21. The monoisotopic (exact) mass is 273 g/mol. The van der Waals surface area contributed by atoms with Gasteiger partial charge in [-0.3, -0.25) is 9.88 Å². The first-order valence-electron chi connectivity index (χ1n) is 7.14. The van der Waals surface area contributed by atoms with Crippen molar-refractivity contribution in [3.63, 3.8) is 0 Å². The molecular weight excluding hydrogens is 250 g/mol. The summed E-state index contributed by atoms with van der Waals surface area (Å²) in [7, 11) is 0. The highest BCUT2D eigenvalue weighted by atomic mass is 15.2. The third kappa shape index (κ3) is 3.23. The van der Waals surface area contributed by atoms with E-state index in [1.165, 1.54) is 5.69 Å². The van der Waals surface area contributed by atoms with E-state index in [-0.39, 0.29) is 6.04 Å². The molecule has 0 aliphatic carbocycles. The molecular formula is C15H23N5. The van der Waals surface area contributed by atoms with Gasteiger partial charge in [-0.25, -0.2) is 4.98 Å². The Bertz CT molecular complexity index is 508. The smallest absolute Gasteiger partial charge is 0.0948 e. The topological polar surface area (TPSA) is 60.0 Å². The Morgan fingerprint density at radius 2 is 2.20 bits per heavy atom. The van der Waals surface area contributed by atoms with Crippen molar-refractivity contribution in [1.29, 1.82) is 0 Å². The van der Waals surface area contributed by atoms with Gasteiger partial charge in [-0.1, -0.05) is 13.0 Å².